The van der Waals surface area contributed by atoms with Crippen molar-refractivity contribution in [3.8, 4) is 0 Å². The fourth-order valence-electron chi connectivity index (χ4n) is 2.02. The standard InChI is InChI=1S/C10H19N3O/c1-2-9(12-13-10(11)14)8-6-4-3-5-7-8/h8H,2-7H2,1H3,(H3,11,13,14). The predicted molar refractivity (Wildman–Crippen MR) is 57.0 cm³/mol. The van der Waals surface area contributed by atoms with Crippen molar-refractivity contribution in [3.63, 3.8) is 0 Å². The summed E-state index contributed by atoms with van der Waals surface area (Å²) >= 11 is 0. The first-order valence-electron chi connectivity index (χ1n) is 5.36. The van der Waals surface area contributed by atoms with Crippen LogP contribution in [-0.2, 0) is 0 Å². The van der Waals surface area contributed by atoms with Crippen LogP contribution in [0.5, 0.6) is 0 Å². The molecule has 2 amide bonds. The van der Waals surface area contributed by atoms with Crippen molar-refractivity contribution in [1.82, 2.24) is 5.43 Å². The predicted octanol–water partition coefficient (Wildman–Crippen LogP) is 2.00. The van der Waals surface area contributed by atoms with Gasteiger partial charge in [-0.2, -0.15) is 5.10 Å². The lowest BCUT2D eigenvalue weighted by atomic mass is 9.85. The third-order valence-corrected chi connectivity index (χ3v) is 2.75. The molecule has 1 fully saturated rings. The number of urea groups is 1. The zero-order chi connectivity index (χ0) is 10.4. The minimum atomic E-state index is -0.577. The third-order valence-electron chi connectivity index (χ3n) is 2.75. The van der Waals surface area contributed by atoms with Crippen LogP contribution >= 0.6 is 0 Å². The first-order valence-corrected chi connectivity index (χ1v) is 5.36. The summed E-state index contributed by atoms with van der Waals surface area (Å²) in [5, 5.41) is 4.06. The molecule has 1 saturated carbocycles. The topological polar surface area (TPSA) is 67.5 Å². The van der Waals surface area contributed by atoms with E-state index in [1.807, 2.05) is 0 Å². The Hall–Kier alpha value is -1.06. The monoisotopic (exact) mass is 197 g/mol. The molecule has 0 unspecified atom stereocenters. The molecule has 14 heavy (non-hydrogen) atoms. The number of carbonyl (C=O) groups is 1. The highest BCUT2D eigenvalue weighted by molar-refractivity contribution is 5.87. The van der Waals surface area contributed by atoms with E-state index in [1.165, 1.54) is 32.1 Å². The van der Waals surface area contributed by atoms with Gasteiger partial charge in [0.15, 0.2) is 0 Å². The molecule has 0 spiro atoms. The highest BCUT2D eigenvalue weighted by Crippen LogP contribution is 2.25. The van der Waals surface area contributed by atoms with Gasteiger partial charge in [-0.15, -0.1) is 0 Å². The number of hydrazone groups is 1. The van der Waals surface area contributed by atoms with E-state index in [4.69, 9.17) is 5.73 Å². The van der Waals surface area contributed by atoms with Crippen LogP contribution in [0.15, 0.2) is 5.10 Å². The third kappa shape index (κ3) is 3.36. The average Bonchev–Trinajstić information content (AvgIpc) is 2.20. The first kappa shape index (κ1) is 11.0. The second-order valence-electron chi connectivity index (χ2n) is 3.77. The summed E-state index contributed by atoms with van der Waals surface area (Å²) in [7, 11) is 0. The Labute approximate surface area is 84.9 Å². The maximum atomic E-state index is 10.5. The molecular weight excluding hydrogens is 178 g/mol. The molecule has 0 heterocycles. The average molecular weight is 197 g/mol. The lowest BCUT2D eigenvalue weighted by Crippen LogP contribution is -2.28. The largest absolute Gasteiger partial charge is 0.350 e. The summed E-state index contributed by atoms with van der Waals surface area (Å²) in [6.07, 6.45) is 7.18. The molecule has 0 atom stereocenters. The minimum absolute atomic E-state index is 0.556. The normalized spacial score (nSPS) is 19.4. The fraction of sp³-hybridized carbons (Fsp3) is 0.800. The van der Waals surface area contributed by atoms with Crippen molar-refractivity contribution in [2.24, 2.45) is 16.8 Å². The van der Waals surface area contributed by atoms with Crippen molar-refractivity contribution >= 4 is 11.7 Å². The Kier molecular flexibility index (Phi) is 4.43. The second-order valence-corrected chi connectivity index (χ2v) is 3.77. The van der Waals surface area contributed by atoms with Gasteiger partial charge in [-0.3, -0.25) is 0 Å². The van der Waals surface area contributed by atoms with Gasteiger partial charge >= 0.3 is 6.03 Å². The first-order chi connectivity index (χ1) is 6.74. The van der Waals surface area contributed by atoms with Gasteiger partial charge in [0.25, 0.3) is 0 Å². The van der Waals surface area contributed by atoms with Crippen molar-refractivity contribution in [2.75, 3.05) is 0 Å². The Morgan fingerprint density at radius 1 is 1.43 bits per heavy atom. The number of amides is 2. The van der Waals surface area contributed by atoms with Gasteiger partial charge < -0.3 is 5.73 Å². The van der Waals surface area contributed by atoms with Crippen LogP contribution in [0.2, 0.25) is 0 Å². The second kappa shape index (κ2) is 5.62. The summed E-state index contributed by atoms with van der Waals surface area (Å²) in [6.45, 7) is 2.07. The van der Waals surface area contributed by atoms with Gasteiger partial charge in [-0.1, -0.05) is 26.2 Å². The molecular formula is C10H19N3O. The van der Waals surface area contributed by atoms with Crippen LogP contribution in [0, 0.1) is 5.92 Å². The SMILES string of the molecule is CCC(=NNC(N)=O)C1CCCCC1. The van der Waals surface area contributed by atoms with Crippen molar-refractivity contribution < 1.29 is 4.79 Å². The van der Waals surface area contributed by atoms with Crippen LogP contribution in [-0.4, -0.2) is 11.7 Å². The number of nitrogens with zero attached hydrogens (tertiary/aromatic N) is 1. The maximum Gasteiger partial charge on any atom is 0.332 e. The van der Waals surface area contributed by atoms with Crippen LogP contribution in [0.4, 0.5) is 4.79 Å². The summed E-state index contributed by atoms with van der Waals surface area (Å²) in [4.78, 5) is 10.5. The van der Waals surface area contributed by atoms with E-state index in [0.29, 0.717) is 5.92 Å². The van der Waals surface area contributed by atoms with Crippen LogP contribution in [0.25, 0.3) is 0 Å². The molecule has 0 saturated heterocycles. The molecule has 1 aliphatic carbocycles. The van der Waals surface area contributed by atoms with E-state index in [-0.39, 0.29) is 0 Å². The van der Waals surface area contributed by atoms with Crippen molar-refractivity contribution in [3.05, 3.63) is 0 Å². The lowest BCUT2D eigenvalue weighted by Gasteiger charge is -2.22. The van der Waals surface area contributed by atoms with Gasteiger partial charge in [0, 0.05) is 5.71 Å². The minimum Gasteiger partial charge on any atom is -0.350 e. The van der Waals surface area contributed by atoms with E-state index in [2.05, 4.69) is 17.5 Å². The number of rotatable bonds is 3. The molecule has 0 bridgehead atoms. The van der Waals surface area contributed by atoms with E-state index in [0.717, 1.165) is 12.1 Å². The van der Waals surface area contributed by atoms with Crippen molar-refractivity contribution in [2.45, 2.75) is 45.4 Å². The zero-order valence-corrected chi connectivity index (χ0v) is 8.75. The number of hydrogen-bond donors (Lipinski definition) is 2. The Morgan fingerprint density at radius 3 is 2.57 bits per heavy atom. The van der Waals surface area contributed by atoms with Gasteiger partial charge in [0.2, 0.25) is 0 Å². The Morgan fingerprint density at radius 2 is 2.07 bits per heavy atom. The number of primary amides is 1. The molecule has 0 radical (unpaired) electrons. The lowest BCUT2D eigenvalue weighted by molar-refractivity contribution is 0.249. The van der Waals surface area contributed by atoms with Crippen molar-refractivity contribution in [1.29, 1.82) is 0 Å². The Bertz CT molecular complexity index is 219. The zero-order valence-electron chi connectivity index (χ0n) is 8.75. The number of hydrogen-bond acceptors (Lipinski definition) is 2. The highest BCUT2D eigenvalue weighted by Gasteiger charge is 2.17. The summed E-state index contributed by atoms with van der Waals surface area (Å²) in [6, 6.07) is -0.577. The van der Waals surface area contributed by atoms with Gasteiger partial charge in [0.05, 0.1) is 0 Å². The van der Waals surface area contributed by atoms with Gasteiger partial charge in [-0.05, 0) is 25.2 Å². The molecule has 80 valence electrons. The van der Waals surface area contributed by atoms with E-state index in [9.17, 15) is 4.79 Å². The van der Waals surface area contributed by atoms with E-state index in [1.54, 1.807) is 0 Å². The summed E-state index contributed by atoms with van der Waals surface area (Å²) in [5.41, 5.74) is 8.38. The van der Waals surface area contributed by atoms with E-state index >= 15 is 0 Å². The molecule has 0 aromatic rings. The molecule has 4 nitrogen and oxygen atoms in total. The van der Waals surface area contributed by atoms with Crippen LogP contribution < -0.4 is 11.2 Å². The maximum absolute atomic E-state index is 10.5. The van der Waals surface area contributed by atoms with Crippen LogP contribution in [0.3, 0.4) is 0 Å². The number of carbonyl (C=O) groups excluding carboxylic acids is 1. The summed E-state index contributed by atoms with van der Waals surface area (Å²) < 4.78 is 0. The molecule has 1 rings (SSSR count). The molecule has 1 aliphatic rings. The molecule has 0 aromatic carbocycles. The summed E-state index contributed by atoms with van der Waals surface area (Å²) in [5.74, 6) is 0.556. The quantitative estimate of drug-likeness (QED) is 0.527. The number of nitrogens with one attached hydrogen (secondary N) is 1. The molecule has 0 aliphatic heterocycles. The van der Waals surface area contributed by atoms with Gasteiger partial charge in [0.1, 0.15) is 0 Å². The number of nitrogens with two attached hydrogens (primary N) is 1. The van der Waals surface area contributed by atoms with E-state index < -0.39 is 6.03 Å². The smallest absolute Gasteiger partial charge is 0.332 e. The highest BCUT2D eigenvalue weighted by atomic mass is 16.2. The van der Waals surface area contributed by atoms with Gasteiger partial charge in [-0.25, -0.2) is 10.2 Å². The Balaban J connectivity index is 2.50. The fourth-order valence-corrected chi connectivity index (χ4v) is 2.02. The molecule has 3 N–H and O–H groups in total. The molecule has 0 aromatic heterocycles. The van der Waals surface area contributed by atoms with Crippen LogP contribution in [0.1, 0.15) is 45.4 Å². The molecule has 4 heteroatoms.